The Hall–Kier alpha value is -3.57. The number of aromatic nitrogens is 1. The van der Waals surface area contributed by atoms with Crippen LogP contribution >= 0.6 is 11.6 Å². The standard InChI is InChI=1S/C31H31ClN2O3/c1-31(2,3)20-37-24-11-8-21(9-12-24)29(35)19-33-16-15-26(25-6-4-5-7-28(25)33)30(36)34-17-14-22-18-23(32)10-13-27(22)34/h4-14,17-18,26H,15-16,19-20H2,1-3H3. The van der Waals surface area contributed by atoms with Crippen LogP contribution in [0.15, 0.2) is 79.0 Å². The lowest BCUT2D eigenvalue weighted by Crippen LogP contribution is -2.38. The molecule has 3 aromatic carbocycles. The Labute approximate surface area is 222 Å². The van der Waals surface area contributed by atoms with E-state index in [-0.39, 0.29) is 29.6 Å². The van der Waals surface area contributed by atoms with Crippen molar-refractivity contribution < 1.29 is 14.3 Å². The first-order valence-electron chi connectivity index (χ1n) is 12.6. The van der Waals surface area contributed by atoms with Crippen LogP contribution in [-0.4, -0.2) is 36.0 Å². The zero-order valence-corrected chi connectivity index (χ0v) is 22.2. The summed E-state index contributed by atoms with van der Waals surface area (Å²) in [4.78, 5) is 28.9. The number of carbonyl (C=O) groups excluding carboxylic acids is 2. The summed E-state index contributed by atoms with van der Waals surface area (Å²) in [7, 11) is 0. The zero-order chi connectivity index (χ0) is 26.2. The SMILES string of the molecule is CC(C)(C)COc1ccc(C(=O)CN2CCC(C(=O)n3ccc4cc(Cl)ccc43)c3ccccc32)cc1. The predicted octanol–water partition coefficient (Wildman–Crippen LogP) is 7.24. The summed E-state index contributed by atoms with van der Waals surface area (Å²) < 4.78 is 7.56. The molecule has 1 aliphatic rings. The van der Waals surface area contributed by atoms with E-state index in [9.17, 15) is 9.59 Å². The van der Waals surface area contributed by atoms with Crippen LogP contribution in [0.3, 0.4) is 0 Å². The quantitative estimate of drug-likeness (QED) is 0.254. The number of carbonyl (C=O) groups is 2. The van der Waals surface area contributed by atoms with Gasteiger partial charge in [-0.25, -0.2) is 0 Å². The molecule has 1 atom stereocenters. The van der Waals surface area contributed by atoms with Gasteiger partial charge in [0.1, 0.15) is 5.75 Å². The molecule has 0 saturated carbocycles. The number of halogens is 1. The highest BCUT2D eigenvalue weighted by molar-refractivity contribution is 6.31. The molecule has 0 fully saturated rings. The van der Waals surface area contributed by atoms with Crippen molar-refractivity contribution in [3.63, 3.8) is 0 Å². The second-order valence-electron chi connectivity index (χ2n) is 10.8. The van der Waals surface area contributed by atoms with E-state index in [0.29, 0.717) is 30.2 Å². The van der Waals surface area contributed by atoms with E-state index in [4.69, 9.17) is 16.3 Å². The lowest BCUT2D eigenvalue weighted by atomic mass is 9.88. The number of nitrogens with zero attached hydrogens (tertiary/aromatic N) is 2. The number of Topliss-reactive ketones (excluding diaryl/α,β-unsaturated/α-hetero) is 1. The van der Waals surface area contributed by atoms with Crippen molar-refractivity contribution in [2.75, 3.05) is 24.6 Å². The lowest BCUT2D eigenvalue weighted by Gasteiger charge is -2.35. The molecule has 4 aromatic rings. The maximum absolute atomic E-state index is 13.7. The van der Waals surface area contributed by atoms with Gasteiger partial charge in [-0.15, -0.1) is 0 Å². The van der Waals surface area contributed by atoms with Crippen molar-refractivity contribution in [1.29, 1.82) is 0 Å². The van der Waals surface area contributed by atoms with Crippen molar-refractivity contribution in [2.24, 2.45) is 5.41 Å². The third-order valence-electron chi connectivity index (χ3n) is 6.71. The van der Waals surface area contributed by atoms with Gasteiger partial charge in [0.2, 0.25) is 5.91 Å². The summed E-state index contributed by atoms with van der Waals surface area (Å²) in [5, 5.41) is 1.58. The van der Waals surface area contributed by atoms with Gasteiger partial charge in [0.05, 0.1) is 24.6 Å². The monoisotopic (exact) mass is 514 g/mol. The van der Waals surface area contributed by atoms with Crippen LogP contribution < -0.4 is 9.64 Å². The molecule has 0 N–H and O–H groups in total. The first-order valence-corrected chi connectivity index (χ1v) is 13.0. The molecule has 1 aliphatic heterocycles. The Bertz CT molecular complexity index is 1450. The van der Waals surface area contributed by atoms with Crippen molar-refractivity contribution in [3.05, 3.63) is 95.1 Å². The molecule has 0 radical (unpaired) electrons. The van der Waals surface area contributed by atoms with Crippen molar-refractivity contribution in [2.45, 2.75) is 33.1 Å². The molecule has 0 amide bonds. The van der Waals surface area contributed by atoms with Crippen LogP contribution in [0, 0.1) is 5.41 Å². The molecule has 0 bridgehead atoms. The largest absolute Gasteiger partial charge is 0.493 e. The average molecular weight is 515 g/mol. The van der Waals surface area contributed by atoms with Crippen LogP contribution in [0.2, 0.25) is 5.02 Å². The molecule has 6 heteroatoms. The van der Waals surface area contributed by atoms with E-state index in [2.05, 4.69) is 25.7 Å². The number of fused-ring (bicyclic) bond motifs is 2. The van der Waals surface area contributed by atoms with Gasteiger partial charge in [-0.2, -0.15) is 0 Å². The van der Waals surface area contributed by atoms with Gasteiger partial charge in [-0.05, 0) is 72.0 Å². The molecule has 1 aromatic heterocycles. The van der Waals surface area contributed by atoms with Gasteiger partial charge in [-0.3, -0.25) is 14.2 Å². The van der Waals surface area contributed by atoms with E-state index in [1.54, 1.807) is 10.6 Å². The fraction of sp³-hybridized carbons (Fsp3) is 0.290. The Morgan fingerprint density at radius 1 is 1.00 bits per heavy atom. The molecule has 5 rings (SSSR count). The van der Waals surface area contributed by atoms with Crippen molar-refractivity contribution >= 4 is 39.9 Å². The van der Waals surface area contributed by atoms with E-state index in [1.165, 1.54) is 0 Å². The van der Waals surface area contributed by atoms with Gasteiger partial charge in [0.15, 0.2) is 5.78 Å². The van der Waals surface area contributed by atoms with Crippen LogP contribution in [0.5, 0.6) is 5.75 Å². The molecular weight excluding hydrogens is 484 g/mol. The minimum absolute atomic E-state index is 0.0293. The Balaban J connectivity index is 1.33. The number of hydrogen-bond donors (Lipinski definition) is 0. The van der Waals surface area contributed by atoms with Crippen LogP contribution in [0.25, 0.3) is 10.9 Å². The number of ketones is 1. The minimum atomic E-state index is -0.284. The Kier molecular flexibility index (Phi) is 6.82. The fourth-order valence-corrected chi connectivity index (χ4v) is 5.01. The first kappa shape index (κ1) is 25.1. The molecule has 190 valence electrons. The summed E-state index contributed by atoms with van der Waals surface area (Å²) in [6, 6.07) is 22.7. The van der Waals surface area contributed by atoms with E-state index < -0.39 is 0 Å². The van der Waals surface area contributed by atoms with Crippen molar-refractivity contribution in [3.8, 4) is 5.75 Å². The zero-order valence-electron chi connectivity index (χ0n) is 21.4. The molecule has 5 nitrogen and oxygen atoms in total. The van der Waals surface area contributed by atoms with Gasteiger partial charge in [-0.1, -0.05) is 50.6 Å². The topological polar surface area (TPSA) is 51.5 Å². The summed E-state index contributed by atoms with van der Waals surface area (Å²) in [6.07, 6.45) is 2.45. The van der Waals surface area contributed by atoms with E-state index >= 15 is 0 Å². The highest BCUT2D eigenvalue weighted by Crippen LogP contribution is 2.37. The summed E-state index contributed by atoms with van der Waals surface area (Å²) in [6.45, 7) is 7.85. The third kappa shape index (κ3) is 5.42. The average Bonchev–Trinajstić information content (AvgIpc) is 3.30. The molecule has 0 aliphatic carbocycles. The second kappa shape index (κ2) is 10.1. The lowest BCUT2D eigenvalue weighted by molar-refractivity contribution is 0.0877. The maximum Gasteiger partial charge on any atom is 0.238 e. The smallest absolute Gasteiger partial charge is 0.238 e. The molecule has 0 spiro atoms. The highest BCUT2D eigenvalue weighted by Gasteiger charge is 2.32. The summed E-state index contributed by atoms with van der Waals surface area (Å²) >= 11 is 6.13. The van der Waals surface area contributed by atoms with Gasteiger partial charge in [0, 0.05) is 34.4 Å². The number of hydrogen-bond acceptors (Lipinski definition) is 4. The number of para-hydroxylation sites is 1. The second-order valence-corrected chi connectivity index (χ2v) is 11.3. The third-order valence-corrected chi connectivity index (χ3v) is 6.95. The Morgan fingerprint density at radius 3 is 2.51 bits per heavy atom. The minimum Gasteiger partial charge on any atom is -0.493 e. The molecule has 0 saturated heterocycles. The van der Waals surface area contributed by atoms with Crippen LogP contribution in [0.4, 0.5) is 5.69 Å². The molecular formula is C31H31ClN2O3. The maximum atomic E-state index is 13.7. The van der Waals surface area contributed by atoms with Gasteiger partial charge >= 0.3 is 0 Å². The number of rotatable bonds is 6. The molecule has 2 heterocycles. The normalized spacial score (nSPS) is 15.5. The molecule has 1 unspecified atom stereocenters. The highest BCUT2D eigenvalue weighted by atomic mass is 35.5. The van der Waals surface area contributed by atoms with Crippen molar-refractivity contribution in [1.82, 2.24) is 4.57 Å². The first-order chi connectivity index (χ1) is 17.7. The van der Waals surface area contributed by atoms with E-state index in [0.717, 1.165) is 27.9 Å². The summed E-state index contributed by atoms with van der Waals surface area (Å²) in [5.74, 6) is 0.542. The number of ether oxygens (including phenoxy) is 1. The van der Waals surface area contributed by atoms with Crippen LogP contribution in [-0.2, 0) is 0 Å². The molecule has 37 heavy (non-hydrogen) atoms. The number of anilines is 1. The summed E-state index contributed by atoms with van der Waals surface area (Å²) in [5.41, 5.74) is 3.45. The van der Waals surface area contributed by atoms with Crippen LogP contribution in [0.1, 0.15) is 53.8 Å². The Morgan fingerprint density at radius 2 is 1.76 bits per heavy atom. The number of benzene rings is 3. The van der Waals surface area contributed by atoms with Gasteiger partial charge in [0.25, 0.3) is 0 Å². The fourth-order valence-electron chi connectivity index (χ4n) is 4.83. The predicted molar refractivity (Wildman–Crippen MR) is 149 cm³/mol. The van der Waals surface area contributed by atoms with Gasteiger partial charge < -0.3 is 9.64 Å². The van der Waals surface area contributed by atoms with E-state index in [1.807, 2.05) is 72.9 Å².